The molecule has 6 nitrogen and oxygen atoms in total. The molecule has 0 aliphatic heterocycles. The quantitative estimate of drug-likeness (QED) is 0.387. The van der Waals surface area contributed by atoms with Gasteiger partial charge in [-0.25, -0.2) is 4.79 Å². The summed E-state index contributed by atoms with van der Waals surface area (Å²) in [5.74, 6) is -2.31. The summed E-state index contributed by atoms with van der Waals surface area (Å²) in [5, 5.41) is 0. The maximum Gasteiger partial charge on any atom is 0.330 e. The van der Waals surface area contributed by atoms with Gasteiger partial charge in [0.25, 0.3) is 0 Å². The van der Waals surface area contributed by atoms with Gasteiger partial charge >= 0.3 is 11.9 Å². The molecule has 104 valence electrons. The van der Waals surface area contributed by atoms with E-state index in [1.807, 2.05) is 6.92 Å². The summed E-state index contributed by atoms with van der Waals surface area (Å²) in [6, 6.07) is 0. The van der Waals surface area contributed by atoms with Gasteiger partial charge in [-0.3, -0.25) is 4.79 Å². The van der Waals surface area contributed by atoms with Crippen LogP contribution in [0, 0.1) is 0 Å². The van der Waals surface area contributed by atoms with Crippen molar-refractivity contribution in [2.45, 2.75) is 32.2 Å². The largest absolute Gasteiger partial charge is 0.466 e. The van der Waals surface area contributed by atoms with Gasteiger partial charge in [-0.1, -0.05) is 6.92 Å². The minimum Gasteiger partial charge on any atom is -0.466 e. The first-order chi connectivity index (χ1) is 8.45. The highest BCUT2D eigenvalue weighted by Gasteiger charge is 2.38. The number of ether oxygens (including phenoxy) is 4. The molecule has 0 radical (unpaired) electrons. The molecule has 0 N–H and O–H groups in total. The second-order valence-corrected chi connectivity index (χ2v) is 3.49. The van der Waals surface area contributed by atoms with Gasteiger partial charge in [0.1, 0.15) is 0 Å². The smallest absolute Gasteiger partial charge is 0.330 e. The average molecular weight is 260 g/mol. The fourth-order valence-corrected chi connectivity index (χ4v) is 1.49. The zero-order valence-corrected chi connectivity index (χ0v) is 11.4. The standard InChI is InChI=1S/C12H20O6/c1-6-10(18-9(2)13)12(16-4,17-5)8-7-11(14)15-3/h7-8,10H,6H2,1-5H3. The van der Waals surface area contributed by atoms with Crippen molar-refractivity contribution in [3.63, 3.8) is 0 Å². The second kappa shape index (κ2) is 7.84. The Hall–Kier alpha value is -1.40. The van der Waals surface area contributed by atoms with E-state index in [0.29, 0.717) is 6.42 Å². The molecular formula is C12H20O6. The van der Waals surface area contributed by atoms with Crippen LogP contribution in [0.2, 0.25) is 0 Å². The Morgan fingerprint density at radius 3 is 2.11 bits per heavy atom. The van der Waals surface area contributed by atoms with Gasteiger partial charge in [-0.2, -0.15) is 0 Å². The van der Waals surface area contributed by atoms with Crippen molar-refractivity contribution in [2.75, 3.05) is 21.3 Å². The van der Waals surface area contributed by atoms with Crippen LogP contribution >= 0.6 is 0 Å². The monoisotopic (exact) mass is 260 g/mol. The van der Waals surface area contributed by atoms with E-state index in [9.17, 15) is 9.59 Å². The van der Waals surface area contributed by atoms with E-state index in [4.69, 9.17) is 14.2 Å². The van der Waals surface area contributed by atoms with Gasteiger partial charge < -0.3 is 18.9 Å². The number of carbonyl (C=O) groups is 2. The molecule has 0 spiro atoms. The minimum absolute atomic E-state index is 0.452. The summed E-state index contributed by atoms with van der Waals surface area (Å²) in [7, 11) is 4.06. The van der Waals surface area contributed by atoms with Crippen LogP contribution < -0.4 is 0 Å². The summed E-state index contributed by atoms with van der Waals surface area (Å²) >= 11 is 0. The molecule has 0 fully saturated rings. The first-order valence-electron chi connectivity index (χ1n) is 5.50. The van der Waals surface area contributed by atoms with E-state index >= 15 is 0 Å². The summed E-state index contributed by atoms with van der Waals surface area (Å²) in [4.78, 5) is 22.1. The molecule has 0 aromatic rings. The highest BCUT2D eigenvalue weighted by Crippen LogP contribution is 2.24. The van der Waals surface area contributed by atoms with E-state index in [1.165, 1.54) is 40.4 Å². The van der Waals surface area contributed by atoms with Crippen LogP contribution in [0.5, 0.6) is 0 Å². The Morgan fingerprint density at radius 1 is 1.22 bits per heavy atom. The third-order valence-corrected chi connectivity index (χ3v) is 2.42. The predicted octanol–water partition coefficient (Wildman–Crippen LogP) is 1.05. The van der Waals surface area contributed by atoms with Gasteiger partial charge in [0.05, 0.1) is 7.11 Å². The number of methoxy groups -OCH3 is 3. The van der Waals surface area contributed by atoms with Crippen molar-refractivity contribution in [3.8, 4) is 0 Å². The molecule has 0 aromatic carbocycles. The maximum absolute atomic E-state index is 11.1. The van der Waals surface area contributed by atoms with E-state index in [-0.39, 0.29) is 0 Å². The lowest BCUT2D eigenvalue weighted by Gasteiger charge is -2.34. The molecule has 0 saturated heterocycles. The third-order valence-electron chi connectivity index (χ3n) is 2.42. The Balaban J connectivity index is 5.14. The molecular weight excluding hydrogens is 240 g/mol. The molecule has 1 unspecified atom stereocenters. The summed E-state index contributed by atoms with van der Waals surface area (Å²) in [5.41, 5.74) is 0. The highest BCUT2D eigenvalue weighted by molar-refractivity contribution is 5.81. The summed E-state index contributed by atoms with van der Waals surface area (Å²) < 4.78 is 20.1. The maximum atomic E-state index is 11.1. The molecule has 0 bridgehead atoms. The number of hydrogen-bond acceptors (Lipinski definition) is 6. The van der Waals surface area contributed by atoms with Crippen LogP contribution in [0.1, 0.15) is 20.3 Å². The van der Waals surface area contributed by atoms with Gasteiger partial charge in [0.15, 0.2) is 6.10 Å². The predicted molar refractivity (Wildman–Crippen MR) is 63.8 cm³/mol. The minimum atomic E-state index is -1.31. The first-order valence-corrected chi connectivity index (χ1v) is 5.50. The van der Waals surface area contributed by atoms with Crippen LogP contribution in [0.3, 0.4) is 0 Å². The van der Waals surface area contributed by atoms with Crippen molar-refractivity contribution in [1.29, 1.82) is 0 Å². The lowest BCUT2D eigenvalue weighted by atomic mass is 10.1. The van der Waals surface area contributed by atoms with Gasteiger partial charge in [-0.05, 0) is 12.5 Å². The first kappa shape index (κ1) is 16.6. The molecule has 0 aromatic heterocycles. The zero-order chi connectivity index (χ0) is 14.2. The fraction of sp³-hybridized carbons (Fsp3) is 0.667. The van der Waals surface area contributed by atoms with Crippen LogP contribution in [0.4, 0.5) is 0 Å². The van der Waals surface area contributed by atoms with E-state index < -0.39 is 23.8 Å². The lowest BCUT2D eigenvalue weighted by Crippen LogP contribution is -2.46. The Morgan fingerprint density at radius 2 is 1.78 bits per heavy atom. The van der Waals surface area contributed by atoms with E-state index in [0.717, 1.165) is 0 Å². The molecule has 1 atom stereocenters. The number of rotatable bonds is 7. The van der Waals surface area contributed by atoms with Crippen LogP contribution in [-0.2, 0) is 28.5 Å². The molecule has 18 heavy (non-hydrogen) atoms. The molecule has 0 aliphatic carbocycles. The Bertz CT molecular complexity index is 306. The molecule has 0 rings (SSSR count). The van der Waals surface area contributed by atoms with Crippen molar-refractivity contribution in [2.24, 2.45) is 0 Å². The van der Waals surface area contributed by atoms with Gasteiger partial charge in [-0.15, -0.1) is 0 Å². The van der Waals surface area contributed by atoms with Gasteiger partial charge in [0.2, 0.25) is 5.79 Å². The average Bonchev–Trinajstić information content (AvgIpc) is 2.37. The zero-order valence-electron chi connectivity index (χ0n) is 11.4. The normalized spacial score (nSPS) is 13.4. The number of hydrogen-bond donors (Lipinski definition) is 0. The van der Waals surface area contributed by atoms with E-state index in [1.54, 1.807) is 0 Å². The third kappa shape index (κ3) is 4.46. The summed E-state index contributed by atoms with van der Waals surface area (Å²) in [6.45, 7) is 3.11. The van der Waals surface area contributed by atoms with Crippen LogP contribution in [0.15, 0.2) is 12.2 Å². The fourth-order valence-electron chi connectivity index (χ4n) is 1.49. The Labute approximate surface area is 107 Å². The molecule has 0 amide bonds. The van der Waals surface area contributed by atoms with Gasteiger partial charge in [0, 0.05) is 27.2 Å². The molecule has 0 aliphatic rings. The Kier molecular flexibility index (Phi) is 7.23. The molecule has 6 heteroatoms. The SMILES string of the molecule is CCC(OC(C)=O)C(C=CC(=O)OC)(OC)OC. The molecule has 0 heterocycles. The second-order valence-electron chi connectivity index (χ2n) is 3.49. The van der Waals surface area contributed by atoms with E-state index in [2.05, 4.69) is 4.74 Å². The van der Waals surface area contributed by atoms with Crippen molar-refractivity contribution >= 4 is 11.9 Å². The lowest BCUT2D eigenvalue weighted by molar-refractivity contribution is -0.236. The van der Waals surface area contributed by atoms with Crippen molar-refractivity contribution in [1.82, 2.24) is 0 Å². The van der Waals surface area contributed by atoms with Crippen LogP contribution in [0.25, 0.3) is 0 Å². The number of esters is 2. The summed E-state index contributed by atoms with van der Waals surface area (Å²) in [6.07, 6.45) is 2.34. The highest BCUT2D eigenvalue weighted by atomic mass is 16.7. The number of carbonyl (C=O) groups excluding carboxylic acids is 2. The van der Waals surface area contributed by atoms with Crippen molar-refractivity contribution in [3.05, 3.63) is 12.2 Å². The molecule has 0 saturated carbocycles. The van der Waals surface area contributed by atoms with Crippen molar-refractivity contribution < 1.29 is 28.5 Å². The topological polar surface area (TPSA) is 71.1 Å². The van der Waals surface area contributed by atoms with Crippen LogP contribution in [-0.4, -0.2) is 45.2 Å².